The maximum atomic E-state index is 4.47. The molecule has 0 saturated heterocycles. The molecule has 0 aliphatic rings. The van der Waals surface area contributed by atoms with E-state index >= 15 is 0 Å². The Bertz CT molecular complexity index is 420. The van der Waals surface area contributed by atoms with Crippen LogP contribution in [-0.2, 0) is 1.41 Å². The van der Waals surface area contributed by atoms with E-state index in [1.165, 1.54) is 48.6 Å². The zero-order chi connectivity index (χ0) is 24.8. The number of nitrogens with zero attached hydrogens (tertiary/aromatic N) is 4. The summed E-state index contributed by atoms with van der Waals surface area (Å²) in [4.78, 5) is 14.9. The van der Waals surface area contributed by atoms with E-state index in [2.05, 4.69) is 119 Å². The van der Waals surface area contributed by atoms with Crippen molar-refractivity contribution in [2.24, 2.45) is 20.0 Å². The summed E-state index contributed by atoms with van der Waals surface area (Å²) in [6.45, 7) is 11.9. The van der Waals surface area contributed by atoms with E-state index in [1.54, 1.807) is 0 Å². The van der Waals surface area contributed by atoms with E-state index in [1.807, 2.05) is 0 Å². The fraction of sp³-hybridized carbons (Fsp3) is 0.800. The number of hydrogen-bond acceptors (Lipinski definition) is 9. The van der Waals surface area contributed by atoms with Gasteiger partial charge < -0.3 is 5.48 Å². The summed E-state index contributed by atoms with van der Waals surface area (Å²) < 4.78 is 4.47. The Hall–Kier alpha value is 0.717. The maximum absolute atomic E-state index is 4.47. The van der Waals surface area contributed by atoms with Crippen LogP contribution in [-0.4, -0.2) is 98.2 Å². The molecule has 0 aromatic heterocycles. The third-order valence-electron chi connectivity index (χ3n) is 2.75. The van der Waals surface area contributed by atoms with Gasteiger partial charge in [-0.25, -0.2) is 20.0 Å². The summed E-state index contributed by atoms with van der Waals surface area (Å²) >= 11 is 19.5. The third kappa shape index (κ3) is 97.1. The standard InChI is InChI=1S/4C5H9NS.H2O.O.2Sn.H/c4*1-2-3-4-6-5-7;;;;;/h4*2-4H2,1H3;1H2;;;;. The first-order valence-corrected chi connectivity index (χ1v) is 14.4. The molecule has 0 saturated carbocycles. The summed E-state index contributed by atoms with van der Waals surface area (Å²) in [7, 11) is 0. The summed E-state index contributed by atoms with van der Waals surface area (Å²) in [6, 6.07) is 0. The van der Waals surface area contributed by atoms with Crippen molar-refractivity contribution in [2.45, 2.75) is 79.1 Å². The average Bonchev–Trinajstić information content (AvgIpc) is 2.77. The molecule has 12 heteroatoms. The zero-order valence-electron chi connectivity index (χ0n) is 19.9. The second kappa shape index (κ2) is 63.5. The van der Waals surface area contributed by atoms with Crippen LogP contribution < -0.4 is 0 Å². The van der Waals surface area contributed by atoms with E-state index in [4.69, 9.17) is 0 Å². The molecule has 0 fully saturated rings. The summed E-state index contributed by atoms with van der Waals surface area (Å²) in [5.74, 6) is 0. The number of aliphatic imine (C=N–C) groups is 4. The van der Waals surface area contributed by atoms with E-state index in [9.17, 15) is 0 Å². The van der Waals surface area contributed by atoms with Crippen molar-refractivity contribution in [2.75, 3.05) is 26.2 Å². The number of isothiocyanates is 4. The van der Waals surface area contributed by atoms with Gasteiger partial charge in [-0.1, -0.05) is 53.4 Å². The molecular formula is C20H39N4O2S4Sn2. The Morgan fingerprint density at radius 3 is 0.844 bits per heavy atom. The van der Waals surface area contributed by atoms with E-state index < -0.39 is 0 Å². The van der Waals surface area contributed by atoms with Crippen LogP contribution in [0.5, 0.6) is 0 Å². The van der Waals surface area contributed by atoms with Gasteiger partial charge in [0.1, 0.15) is 0 Å². The molecule has 32 heavy (non-hydrogen) atoms. The molecule has 2 N–H and O–H groups in total. The monoisotopic (exact) mass is 735 g/mol. The molecular weight excluding hydrogens is 694 g/mol. The first-order chi connectivity index (χ1) is 15.1. The molecule has 5 radical (unpaired) electrons. The van der Waals surface area contributed by atoms with Crippen molar-refractivity contribution < 1.29 is 6.89 Å². The van der Waals surface area contributed by atoms with Gasteiger partial charge in [0.2, 0.25) is 0 Å². The number of unbranched alkanes of at least 4 members (excludes halogenated alkanes) is 4. The number of hydrogen-bond donors (Lipinski definition) is 0. The van der Waals surface area contributed by atoms with E-state index in [0.717, 1.165) is 74.8 Å². The van der Waals surface area contributed by atoms with E-state index in [0.29, 0.717) is 0 Å². The molecule has 0 aromatic carbocycles. The molecule has 0 amide bonds. The van der Waals surface area contributed by atoms with Gasteiger partial charge in [-0.05, 0) is 74.6 Å². The Morgan fingerprint density at radius 2 is 0.750 bits per heavy atom. The van der Waals surface area contributed by atoms with Gasteiger partial charge in [0.25, 0.3) is 0 Å². The van der Waals surface area contributed by atoms with Crippen LogP contribution in [0.4, 0.5) is 0 Å². The fourth-order valence-corrected chi connectivity index (χ4v) is 1.50. The quantitative estimate of drug-likeness (QED) is 0.112. The van der Waals surface area contributed by atoms with Crippen LogP contribution in [0, 0.1) is 0 Å². The normalized spacial score (nSPS) is 7.19. The molecule has 183 valence electrons. The van der Waals surface area contributed by atoms with Gasteiger partial charge >= 0.3 is 47.3 Å². The second-order valence-electron chi connectivity index (χ2n) is 5.42. The van der Waals surface area contributed by atoms with Crippen LogP contribution in [0.1, 0.15) is 79.1 Å². The van der Waals surface area contributed by atoms with Gasteiger partial charge in [-0.3, -0.25) is 0 Å². The second-order valence-corrected chi connectivity index (χ2v) is 11.3. The predicted molar refractivity (Wildman–Crippen MR) is 157 cm³/mol. The predicted octanol–water partition coefficient (Wildman–Crippen LogP) is 5.63. The van der Waals surface area contributed by atoms with Crippen LogP contribution in [0.25, 0.3) is 0 Å². The Kier molecular flexibility index (Phi) is 91.4. The minimum atomic E-state index is 0. The minimum absolute atomic E-state index is 0. The number of rotatable bonds is 12. The molecule has 0 heterocycles. The average molecular weight is 733 g/mol. The van der Waals surface area contributed by atoms with Crippen molar-refractivity contribution in [1.82, 2.24) is 0 Å². The molecule has 0 aliphatic heterocycles. The van der Waals surface area contributed by atoms with Crippen molar-refractivity contribution >= 4 is 115 Å². The summed E-state index contributed by atoms with van der Waals surface area (Å²) in [6.07, 6.45) is 9.24. The van der Waals surface area contributed by atoms with Crippen LogP contribution in [0.2, 0.25) is 0 Å². The molecule has 0 bridgehead atoms. The summed E-state index contributed by atoms with van der Waals surface area (Å²) in [5, 5.41) is 9.24. The molecule has 0 aliphatic carbocycles. The fourth-order valence-electron chi connectivity index (χ4n) is 1.13. The Morgan fingerprint density at radius 1 is 0.594 bits per heavy atom. The van der Waals surface area contributed by atoms with Gasteiger partial charge in [0.15, 0.2) is 0 Å². The molecule has 6 nitrogen and oxygen atoms in total. The van der Waals surface area contributed by atoms with Crippen LogP contribution >= 0.6 is 48.9 Å². The van der Waals surface area contributed by atoms with Gasteiger partial charge in [0.05, 0.1) is 20.6 Å². The van der Waals surface area contributed by atoms with Crippen molar-refractivity contribution in [3.8, 4) is 0 Å². The molecule has 0 rings (SSSR count). The van der Waals surface area contributed by atoms with Crippen LogP contribution in [0.3, 0.4) is 0 Å². The number of thiocarbonyl (C=S) groups is 4. The third-order valence-corrected chi connectivity index (χ3v) is 3.27. The van der Waals surface area contributed by atoms with Gasteiger partial charge in [-0.2, -0.15) is 0 Å². The first-order valence-electron chi connectivity index (χ1n) is 10.2. The van der Waals surface area contributed by atoms with Crippen LogP contribution in [0.15, 0.2) is 20.0 Å². The van der Waals surface area contributed by atoms with Gasteiger partial charge in [-0.15, -0.1) is 0 Å². The molecule has 0 unspecified atom stereocenters. The summed E-state index contributed by atoms with van der Waals surface area (Å²) in [5.41, 5.74) is 0. The van der Waals surface area contributed by atoms with Gasteiger partial charge in [0, 0.05) is 26.2 Å². The van der Waals surface area contributed by atoms with Crippen molar-refractivity contribution in [3.63, 3.8) is 0 Å². The molecule has 0 spiro atoms. The van der Waals surface area contributed by atoms with Crippen molar-refractivity contribution in [3.05, 3.63) is 0 Å². The first kappa shape index (κ1) is 46.1. The molecule has 0 aromatic rings. The Labute approximate surface area is 245 Å². The SMILES string of the molecule is CCCCN=C=S.CCCCN=C=S.CCCCN=C=S.CCCCN=C=S.O.[Sn][O][SnH]. The van der Waals surface area contributed by atoms with Crippen molar-refractivity contribution in [1.29, 1.82) is 0 Å². The topological polar surface area (TPSA) is 90.2 Å². The van der Waals surface area contributed by atoms with E-state index in [-0.39, 0.29) is 5.48 Å². The Balaban J connectivity index is -0.0000000669. The zero-order valence-corrected chi connectivity index (χ0v) is 29.3. The molecule has 0 atom stereocenters.